The smallest absolute Gasteiger partial charge is 0.183 e. The van der Waals surface area contributed by atoms with Crippen molar-refractivity contribution >= 4 is 0 Å². The van der Waals surface area contributed by atoms with Gasteiger partial charge in [0, 0.05) is 13.2 Å². The first kappa shape index (κ1) is 11.3. The maximum atomic E-state index is 9.64. The van der Waals surface area contributed by atoms with Gasteiger partial charge in [-0.15, -0.1) is 0 Å². The van der Waals surface area contributed by atoms with Crippen molar-refractivity contribution in [2.24, 2.45) is 0 Å². The highest BCUT2D eigenvalue weighted by Crippen LogP contribution is 2.20. The van der Waals surface area contributed by atoms with Crippen LogP contribution in [0.15, 0.2) is 0 Å². The van der Waals surface area contributed by atoms with Crippen molar-refractivity contribution in [1.82, 2.24) is 0 Å². The summed E-state index contributed by atoms with van der Waals surface area (Å²) in [7, 11) is 0. The van der Waals surface area contributed by atoms with Gasteiger partial charge >= 0.3 is 0 Å². The highest BCUT2D eigenvalue weighted by atomic mass is 16.7. The second kappa shape index (κ2) is 5.23. The number of hydrogen-bond donors (Lipinski definition) is 2. The fraction of sp³-hybridized carbons (Fsp3) is 1.00. The molecule has 5 nitrogen and oxygen atoms in total. The van der Waals surface area contributed by atoms with Crippen LogP contribution in [-0.4, -0.2) is 54.6 Å². The van der Waals surface area contributed by atoms with E-state index < -0.39 is 18.5 Å². The Morgan fingerprint density at radius 3 is 2.67 bits per heavy atom. The van der Waals surface area contributed by atoms with E-state index >= 15 is 0 Å². The topological polar surface area (TPSA) is 68.2 Å². The summed E-state index contributed by atoms with van der Waals surface area (Å²) in [6, 6.07) is 0. The molecule has 0 unspecified atom stereocenters. The molecule has 2 rings (SSSR count). The van der Waals surface area contributed by atoms with E-state index in [9.17, 15) is 10.2 Å². The van der Waals surface area contributed by atoms with Crippen LogP contribution in [0, 0.1) is 0 Å². The molecule has 2 aliphatic rings. The summed E-state index contributed by atoms with van der Waals surface area (Å²) in [5, 5.41) is 19.3. The Morgan fingerprint density at radius 2 is 1.93 bits per heavy atom. The lowest BCUT2D eigenvalue weighted by Gasteiger charge is -2.34. The Hall–Kier alpha value is -0.200. The van der Waals surface area contributed by atoms with E-state index in [1.165, 1.54) is 0 Å². The van der Waals surface area contributed by atoms with E-state index in [0.717, 1.165) is 6.42 Å². The molecule has 2 aliphatic heterocycles. The van der Waals surface area contributed by atoms with Crippen LogP contribution in [0.5, 0.6) is 0 Å². The minimum atomic E-state index is -0.611. The molecule has 5 heteroatoms. The van der Waals surface area contributed by atoms with Gasteiger partial charge < -0.3 is 24.4 Å². The SMILES string of the molecule is O[C@@H]1CCCO[C@H]1O[C@@H]1COCC[C@H]1O. The van der Waals surface area contributed by atoms with Gasteiger partial charge in [-0.05, 0) is 19.3 Å². The fourth-order valence-electron chi connectivity index (χ4n) is 1.87. The van der Waals surface area contributed by atoms with Crippen molar-refractivity contribution in [3.8, 4) is 0 Å². The summed E-state index contributed by atoms with van der Waals surface area (Å²) in [4.78, 5) is 0. The van der Waals surface area contributed by atoms with Crippen molar-refractivity contribution in [3.63, 3.8) is 0 Å². The van der Waals surface area contributed by atoms with Crippen LogP contribution >= 0.6 is 0 Å². The summed E-state index contributed by atoms with van der Waals surface area (Å²) >= 11 is 0. The average Bonchev–Trinajstić information content (AvgIpc) is 2.24. The van der Waals surface area contributed by atoms with Gasteiger partial charge in [-0.1, -0.05) is 0 Å². The highest BCUT2D eigenvalue weighted by Gasteiger charge is 2.32. The molecule has 2 saturated heterocycles. The van der Waals surface area contributed by atoms with Crippen molar-refractivity contribution < 1.29 is 24.4 Å². The van der Waals surface area contributed by atoms with Crippen LogP contribution in [0.25, 0.3) is 0 Å². The summed E-state index contributed by atoms with van der Waals surface area (Å²) in [5.74, 6) is 0. The average molecular weight is 218 g/mol. The van der Waals surface area contributed by atoms with E-state index in [0.29, 0.717) is 32.7 Å². The van der Waals surface area contributed by atoms with Crippen LogP contribution in [0.1, 0.15) is 19.3 Å². The normalized spacial score (nSPS) is 42.8. The van der Waals surface area contributed by atoms with Gasteiger partial charge in [0.05, 0.1) is 12.7 Å². The third-order valence-electron chi connectivity index (χ3n) is 2.82. The zero-order chi connectivity index (χ0) is 10.7. The third-order valence-corrected chi connectivity index (χ3v) is 2.82. The standard InChI is InChI=1S/C10H18O5/c11-7-3-5-13-6-9(7)15-10-8(12)2-1-4-14-10/h7-12H,1-6H2/t7-,8-,9-,10+/m1/s1. The minimum absolute atomic E-state index is 0.369. The van der Waals surface area contributed by atoms with Crippen LogP contribution in [0.4, 0.5) is 0 Å². The molecule has 15 heavy (non-hydrogen) atoms. The van der Waals surface area contributed by atoms with Gasteiger partial charge in [-0.2, -0.15) is 0 Å². The molecule has 4 atom stereocenters. The van der Waals surface area contributed by atoms with Crippen LogP contribution in [-0.2, 0) is 14.2 Å². The van der Waals surface area contributed by atoms with E-state index in [1.807, 2.05) is 0 Å². The van der Waals surface area contributed by atoms with Crippen LogP contribution < -0.4 is 0 Å². The van der Waals surface area contributed by atoms with Crippen molar-refractivity contribution in [2.75, 3.05) is 19.8 Å². The lowest BCUT2D eigenvalue weighted by molar-refractivity contribution is -0.261. The lowest BCUT2D eigenvalue weighted by atomic mass is 10.1. The van der Waals surface area contributed by atoms with Gasteiger partial charge in [-0.25, -0.2) is 0 Å². The highest BCUT2D eigenvalue weighted by molar-refractivity contribution is 4.76. The monoisotopic (exact) mass is 218 g/mol. The van der Waals surface area contributed by atoms with Crippen molar-refractivity contribution in [1.29, 1.82) is 0 Å². The number of hydrogen-bond acceptors (Lipinski definition) is 5. The first-order chi connectivity index (χ1) is 7.27. The number of ether oxygens (including phenoxy) is 3. The Balaban J connectivity index is 1.83. The maximum Gasteiger partial charge on any atom is 0.183 e. The third kappa shape index (κ3) is 2.89. The maximum absolute atomic E-state index is 9.64. The molecule has 0 saturated carbocycles. The zero-order valence-corrected chi connectivity index (χ0v) is 8.67. The zero-order valence-electron chi connectivity index (χ0n) is 8.67. The van der Waals surface area contributed by atoms with Gasteiger partial charge in [0.25, 0.3) is 0 Å². The molecule has 0 radical (unpaired) electrons. The Morgan fingerprint density at radius 1 is 1.07 bits per heavy atom. The van der Waals surface area contributed by atoms with Gasteiger partial charge in [0.15, 0.2) is 6.29 Å². The van der Waals surface area contributed by atoms with Crippen LogP contribution in [0.2, 0.25) is 0 Å². The lowest BCUT2D eigenvalue weighted by Crippen LogP contribution is -2.46. The molecular formula is C10H18O5. The molecule has 0 bridgehead atoms. The summed E-state index contributed by atoms with van der Waals surface area (Å²) in [5.41, 5.74) is 0. The molecule has 2 fully saturated rings. The molecule has 0 aliphatic carbocycles. The quantitative estimate of drug-likeness (QED) is 0.663. The van der Waals surface area contributed by atoms with Crippen molar-refractivity contribution in [3.05, 3.63) is 0 Å². The predicted octanol–water partition coefficient (Wildman–Crippen LogP) is -0.350. The summed E-state index contributed by atoms with van der Waals surface area (Å²) in [6.07, 6.45) is 0.0213. The number of rotatable bonds is 2. The second-order valence-electron chi connectivity index (χ2n) is 4.05. The first-order valence-electron chi connectivity index (χ1n) is 5.48. The molecule has 0 amide bonds. The fourth-order valence-corrected chi connectivity index (χ4v) is 1.87. The van der Waals surface area contributed by atoms with Gasteiger partial charge in [-0.3, -0.25) is 0 Å². The summed E-state index contributed by atoms with van der Waals surface area (Å²) in [6.45, 7) is 1.54. The molecule has 0 spiro atoms. The van der Waals surface area contributed by atoms with E-state index in [2.05, 4.69) is 0 Å². The number of aliphatic hydroxyl groups excluding tert-OH is 2. The van der Waals surface area contributed by atoms with E-state index in [4.69, 9.17) is 14.2 Å². The largest absolute Gasteiger partial charge is 0.390 e. The van der Waals surface area contributed by atoms with Gasteiger partial charge in [0.2, 0.25) is 0 Å². The predicted molar refractivity (Wildman–Crippen MR) is 51.3 cm³/mol. The first-order valence-corrected chi connectivity index (χ1v) is 5.48. The summed E-state index contributed by atoms with van der Waals surface area (Å²) < 4.78 is 16.0. The Kier molecular flexibility index (Phi) is 3.93. The van der Waals surface area contributed by atoms with Gasteiger partial charge in [0.1, 0.15) is 12.2 Å². The van der Waals surface area contributed by atoms with E-state index in [1.54, 1.807) is 0 Å². The second-order valence-corrected chi connectivity index (χ2v) is 4.05. The molecule has 0 aromatic carbocycles. The molecule has 2 heterocycles. The molecule has 0 aromatic rings. The Labute approximate surface area is 88.9 Å². The molecule has 88 valence electrons. The minimum Gasteiger partial charge on any atom is -0.390 e. The number of aliphatic hydroxyl groups is 2. The van der Waals surface area contributed by atoms with E-state index in [-0.39, 0.29) is 6.10 Å². The molecular weight excluding hydrogens is 200 g/mol. The molecule has 2 N–H and O–H groups in total. The Bertz CT molecular complexity index is 178. The van der Waals surface area contributed by atoms with Crippen LogP contribution in [0.3, 0.4) is 0 Å². The molecule has 0 aromatic heterocycles. The van der Waals surface area contributed by atoms with Crippen molar-refractivity contribution in [2.45, 2.75) is 43.9 Å².